The molecule has 3 rings (SSSR count). The van der Waals surface area contributed by atoms with Gasteiger partial charge in [-0.15, -0.1) is 0 Å². The van der Waals surface area contributed by atoms with Crippen LogP contribution in [0.5, 0.6) is 0 Å². The van der Waals surface area contributed by atoms with Crippen molar-refractivity contribution in [3.8, 4) is 0 Å². The minimum absolute atomic E-state index is 0.0800. The molecule has 2 heterocycles. The number of hydrogen-bond donors (Lipinski definition) is 2. The third-order valence-corrected chi connectivity index (χ3v) is 4.06. The number of hydrazine groups is 1. The lowest BCUT2D eigenvalue weighted by Gasteiger charge is -2.16. The van der Waals surface area contributed by atoms with Crippen molar-refractivity contribution in [2.75, 3.05) is 0 Å². The van der Waals surface area contributed by atoms with Crippen molar-refractivity contribution in [2.45, 2.75) is 12.5 Å². The molecule has 0 spiro atoms. The summed E-state index contributed by atoms with van der Waals surface area (Å²) in [6.07, 6.45) is 4.38. The quantitative estimate of drug-likeness (QED) is 0.572. The molecule has 1 unspecified atom stereocenters. The van der Waals surface area contributed by atoms with Crippen LogP contribution >= 0.6 is 23.2 Å². The number of pyridine rings is 1. The van der Waals surface area contributed by atoms with E-state index >= 15 is 0 Å². The van der Waals surface area contributed by atoms with E-state index in [4.69, 9.17) is 29.0 Å². The number of aromatic nitrogens is 2. The second-order valence-electron chi connectivity index (χ2n) is 4.79. The highest BCUT2D eigenvalue weighted by Gasteiger charge is 2.17. The van der Waals surface area contributed by atoms with Crippen LogP contribution in [0.4, 0.5) is 0 Å². The van der Waals surface area contributed by atoms with Gasteiger partial charge in [-0.2, -0.15) is 5.10 Å². The Bertz CT molecular complexity index is 769. The molecule has 3 aromatic rings. The summed E-state index contributed by atoms with van der Waals surface area (Å²) in [5, 5.41) is 5.59. The van der Waals surface area contributed by atoms with Crippen LogP contribution in [0.25, 0.3) is 5.52 Å². The predicted octanol–water partition coefficient (Wildman–Crippen LogP) is 3.39. The summed E-state index contributed by atoms with van der Waals surface area (Å²) in [6, 6.07) is 11.3. The minimum Gasteiger partial charge on any atom is -0.271 e. The first-order chi connectivity index (χ1) is 10.2. The number of rotatable bonds is 4. The van der Waals surface area contributed by atoms with Crippen molar-refractivity contribution in [1.82, 2.24) is 15.0 Å². The van der Waals surface area contributed by atoms with Gasteiger partial charge < -0.3 is 0 Å². The molecule has 1 aromatic carbocycles. The maximum Gasteiger partial charge on any atom is 0.0710 e. The highest BCUT2D eigenvalue weighted by atomic mass is 35.5. The van der Waals surface area contributed by atoms with Gasteiger partial charge in [0.15, 0.2) is 0 Å². The molecule has 0 radical (unpaired) electrons. The van der Waals surface area contributed by atoms with Gasteiger partial charge in [-0.25, -0.2) is 4.52 Å². The lowest BCUT2D eigenvalue weighted by Crippen LogP contribution is -2.29. The lowest BCUT2D eigenvalue weighted by atomic mass is 10.0. The lowest BCUT2D eigenvalue weighted by molar-refractivity contribution is 0.555. The topological polar surface area (TPSA) is 55.3 Å². The standard InChI is InChI=1S/C15H14Cl2N4/c16-11-5-4-10(13(17)8-11)7-14(20-18)12-9-19-21-6-2-1-3-15(12)21/h1-6,8-9,14,20H,7,18H2. The molecule has 2 aromatic heterocycles. The SMILES string of the molecule is NNC(Cc1ccc(Cl)cc1Cl)c1cnn2ccccc12. The third-order valence-electron chi connectivity index (χ3n) is 3.47. The summed E-state index contributed by atoms with van der Waals surface area (Å²) in [7, 11) is 0. The van der Waals surface area contributed by atoms with Crippen LogP contribution in [0.15, 0.2) is 48.8 Å². The van der Waals surface area contributed by atoms with E-state index in [1.807, 2.05) is 47.2 Å². The molecule has 0 fully saturated rings. The fourth-order valence-electron chi connectivity index (χ4n) is 2.39. The summed E-state index contributed by atoms with van der Waals surface area (Å²) in [5.74, 6) is 5.73. The fourth-order valence-corrected chi connectivity index (χ4v) is 2.87. The van der Waals surface area contributed by atoms with E-state index in [1.54, 1.807) is 6.07 Å². The molecule has 0 bridgehead atoms. The van der Waals surface area contributed by atoms with Gasteiger partial charge in [0, 0.05) is 21.8 Å². The Morgan fingerprint density at radius 3 is 2.86 bits per heavy atom. The molecule has 0 amide bonds. The number of halogens is 2. The molecule has 0 aliphatic carbocycles. The molecule has 4 nitrogen and oxygen atoms in total. The van der Waals surface area contributed by atoms with Crippen molar-refractivity contribution >= 4 is 28.7 Å². The van der Waals surface area contributed by atoms with Gasteiger partial charge in [-0.3, -0.25) is 11.3 Å². The minimum atomic E-state index is -0.0800. The van der Waals surface area contributed by atoms with Gasteiger partial charge in [-0.1, -0.05) is 35.3 Å². The zero-order chi connectivity index (χ0) is 14.8. The Balaban J connectivity index is 1.95. The molecule has 0 saturated carbocycles. The first-order valence-electron chi connectivity index (χ1n) is 6.51. The van der Waals surface area contributed by atoms with E-state index < -0.39 is 0 Å². The number of nitrogens with zero attached hydrogens (tertiary/aromatic N) is 2. The Hall–Kier alpha value is -1.59. The molecule has 6 heteroatoms. The largest absolute Gasteiger partial charge is 0.271 e. The van der Waals surface area contributed by atoms with Crippen LogP contribution in [0.2, 0.25) is 10.0 Å². The molecule has 21 heavy (non-hydrogen) atoms. The number of nitrogens with one attached hydrogen (secondary N) is 1. The average molecular weight is 321 g/mol. The van der Waals surface area contributed by atoms with E-state index in [0.29, 0.717) is 16.5 Å². The number of fused-ring (bicyclic) bond motifs is 1. The van der Waals surface area contributed by atoms with E-state index in [9.17, 15) is 0 Å². The highest BCUT2D eigenvalue weighted by Crippen LogP contribution is 2.27. The zero-order valence-corrected chi connectivity index (χ0v) is 12.6. The van der Waals surface area contributed by atoms with E-state index in [2.05, 4.69) is 10.5 Å². The van der Waals surface area contributed by atoms with Gasteiger partial charge >= 0.3 is 0 Å². The Kier molecular flexibility index (Phi) is 4.12. The first kappa shape index (κ1) is 14.4. The highest BCUT2D eigenvalue weighted by molar-refractivity contribution is 6.35. The van der Waals surface area contributed by atoms with Gasteiger partial charge in [0.2, 0.25) is 0 Å². The summed E-state index contributed by atoms with van der Waals surface area (Å²) >= 11 is 12.2. The molecule has 3 N–H and O–H groups in total. The van der Waals surface area contributed by atoms with Gasteiger partial charge in [0.25, 0.3) is 0 Å². The van der Waals surface area contributed by atoms with E-state index in [-0.39, 0.29) is 6.04 Å². The second kappa shape index (κ2) is 6.03. The van der Waals surface area contributed by atoms with Gasteiger partial charge in [0.05, 0.1) is 17.8 Å². The summed E-state index contributed by atoms with van der Waals surface area (Å²) in [4.78, 5) is 0. The third kappa shape index (κ3) is 2.89. The first-order valence-corrected chi connectivity index (χ1v) is 7.27. The van der Waals surface area contributed by atoms with Gasteiger partial charge in [0.1, 0.15) is 0 Å². The number of nitrogens with two attached hydrogens (primary N) is 1. The second-order valence-corrected chi connectivity index (χ2v) is 5.63. The average Bonchev–Trinajstić information content (AvgIpc) is 2.91. The Morgan fingerprint density at radius 2 is 2.10 bits per heavy atom. The van der Waals surface area contributed by atoms with Crippen LogP contribution in [0.1, 0.15) is 17.2 Å². The van der Waals surface area contributed by atoms with Crippen molar-refractivity contribution in [2.24, 2.45) is 5.84 Å². The van der Waals surface area contributed by atoms with Crippen LogP contribution in [-0.4, -0.2) is 9.61 Å². The Morgan fingerprint density at radius 1 is 1.24 bits per heavy atom. The molecular weight excluding hydrogens is 307 g/mol. The molecule has 0 aliphatic rings. The summed E-state index contributed by atoms with van der Waals surface area (Å²) in [5.41, 5.74) is 5.88. The van der Waals surface area contributed by atoms with E-state index in [0.717, 1.165) is 16.6 Å². The molecular formula is C15H14Cl2N4. The fraction of sp³-hybridized carbons (Fsp3) is 0.133. The number of benzene rings is 1. The van der Waals surface area contributed by atoms with Crippen LogP contribution in [0, 0.1) is 0 Å². The number of hydrogen-bond acceptors (Lipinski definition) is 3. The summed E-state index contributed by atoms with van der Waals surface area (Å²) in [6.45, 7) is 0. The molecule has 1 atom stereocenters. The molecule has 108 valence electrons. The van der Waals surface area contributed by atoms with Crippen LogP contribution < -0.4 is 11.3 Å². The van der Waals surface area contributed by atoms with E-state index in [1.165, 1.54) is 0 Å². The normalized spacial score (nSPS) is 12.7. The maximum absolute atomic E-state index is 6.24. The predicted molar refractivity (Wildman–Crippen MR) is 85.4 cm³/mol. The summed E-state index contributed by atoms with van der Waals surface area (Å²) < 4.78 is 1.82. The molecule has 0 saturated heterocycles. The van der Waals surface area contributed by atoms with Crippen molar-refractivity contribution in [3.05, 3.63) is 70.0 Å². The molecule has 0 aliphatic heterocycles. The Labute approximate surface area is 132 Å². The van der Waals surface area contributed by atoms with Crippen LogP contribution in [0.3, 0.4) is 0 Å². The van der Waals surface area contributed by atoms with Gasteiger partial charge in [-0.05, 0) is 36.2 Å². The monoisotopic (exact) mass is 320 g/mol. The zero-order valence-electron chi connectivity index (χ0n) is 11.1. The van der Waals surface area contributed by atoms with Crippen LogP contribution in [-0.2, 0) is 6.42 Å². The van der Waals surface area contributed by atoms with Crippen molar-refractivity contribution in [1.29, 1.82) is 0 Å². The maximum atomic E-state index is 6.24. The smallest absolute Gasteiger partial charge is 0.0710 e. The van der Waals surface area contributed by atoms with Crippen molar-refractivity contribution in [3.63, 3.8) is 0 Å². The van der Waals surface area contributed by atoms with Crippen molar-refractivity contribution < 1.29 is 0 Å².